The molecule has 11 heteroatoms. The Kier molecular flexibility index (Phi) is 7.93. The highest BCUT2D eigenvalue weighted by Gasteiger charge is 2.74. The number of hydrogen-bond acceptors (Lipinski definition) is 11. The molecule has 39 heavy (non-hydrogen) atoms. The van der Waals surface area contributed by atoms with Gasteiger partial charge in [0.05, 0.1) is 24.2 Å². The lowest BCUT2D eigenvalue weighted by molar-refractivity contribution is -0.357. The molecule has 2 saturated carbocycles. The SMILES string of the molecule is C=C[C@@]1(C)CC(=O)[C@@H]2[C@](C)(O1)[C@@H](O)[C@@H](OC(C)=O)[C@H]1C(C)(C)CC[C@H](O[C@@H]3O[C@H](CO)[C@@H](O)[C@H](O)[C@H]3O)[C@@]21C. The molecule has 2 heterocycles. The van der Waals surface area contributed by atoms with Crippen molar-refractivity contribution in [3.05, 3.63) is 12.7 Å². The number of esters is 1. The zero-order valence-electron chi connectivity index (χ0n) is 23.6. The molecule has 0 amide bonds. The molecule has 2 aliphatic heterocycles. The maximum absolute atomic E-state index is 14.1. The van der Waals surface area contributed by atoms with Crippen LogP contribution in [0.25, 0.3) is 0 Å². The minimum absolute atomic E-state index is 0.0111. The first-order valence-corrected chi connectivity index (χ1v) is 13.6. The molecule has 0 radical (unpaired) electrons. The molecule has 0 aromatic rings. The average Bonchev–Trinajstić information content (AvgIpc) is 2.83. The van der Waals surface area contributed by atoms with E-state index in [4.69, 9.17) is 18.9 Å². The van der Waals surface area contributed by atoms with Crippen molar-refractivity contribution in [3.63, 3.8) is 0 Å². The highest BCUT2D eigenvalue weighted by atomic mass is 16.7. The molecule has 222 valence electrons. The minimum Gasteiger partial charge on any atom is -0.459 e. The summed E-state index contributed by atoms with van der Waals surface area (Å²) < 4.78 is 24.3. The lowest BCUT2D eigenvalue weighted by atomic mass is 9.41. The van der Waals surface area contributed by atoms with Crippen molar-refractivity contribution in [2.45, 2.75) is 121 Å². The second-order valence-corrected chi connectivity index (χ2v) is 13.1. The van der Waals surface area contributed by atoms with Gasteiger partial charge in [0.2, 0.25) is 0 Å². The van der Waals surface area contributed by atoms with E-state index in [0.29, 0.717) is 12.8 Å². The fourth-order valence-corrected chi connectivity index (χ4v) is 8.24. The Bertz CT molecular complexity index is 983. The van der Waals surface area contributed by atoms with Crippen LogP contribution in [0.4, 0.5) is 0 Å². The van der Waals surface area contributed by atoms with Gasteiger partial charge >= 0.3 is 5.97 Å². The molecule has 4 rings (SSSR count). The molecule has 4 fully saturated rings. The van der Waals surface area contributed by atoms with E-state index in [1.807, 2.05) is 20.8 Å². The first-order valence-electron chi connectivity index (χ1n) is 13.6. The van der Waals surface area contributed by atoms with Crippen LogP contribution in [0.1, 0.15) is 60.8 Å². The number of aliphatic hydroxyl groups is 5. The second-order valence-electron chi connectivity index (χ2n) is 13.1. The van der Waals surface area contributed by atoms with Crippen molar-refractivity contribution in [1.29, 1.82) is 0 Å². The van der Waals surface area contributed by atoms with Gasteiger partial charge in [-0.1, -0.05) is 26.8 Å². The number of ketones is 1. The maximum atomic E-state index is 14.1. The molecule has 11 nitrogen and oxygen atoms in total. The molecule has 2 saturated heterocycles. The summed E-state index contributed by atoms with van der Waals surface area (Å²) in [4.78, 5) is 26.4. The second kappa shape index (κ2) is 10.1. The number of Topliss-reactive ketones (excluding diaryl/α,β-unsaturated/α-hetero) is 1. The topological polar surface area (TPSA) is 172 Å². The zero-order valence-corrected chi connectivity index (χ0v) is 23.6. The van der Waals surface area contributed by atoms with E-state index >= 15 is 0 Å². The fourth-order valence-electron chi connectivity index (χ4n) is 8.24. The minimum atomic E-state index is -1.63. The van der Waals surface area contributed by atoms with Gasteiger partial charge in [-0.15, -0.1) is 6.58 Å². The van der Waals surface area contributed by atoms with Crippen molar-refractivity contribution >= 4 is 11.8 Å². The monoisotopic (exact) mass is 556 g/mol. The van der Waals surface area contributed by atoms with Crippen LogP contribution in [0, 0.1) is 22.7 Å². The van der Waals surface area contributed by atoms with Gasteiger partial charge in [0.1, 0.15) is 48.0 Å². The van der Waals surface area contributed by atoms with E-state index in [2.05, 4.69) is 6.58 Å². The fraction of sp³-hybridized carbons (Fsp3) is 0.857. The molecule has 0 aromatic carbocycles. The van der Waals surface area contributed by atoms with Crippen LogP contribution >= 0.6 is 0 Å². The van der Waals surface area contributed by atoms with Gasteiger partial charge in [-0.2, -0.15) is 0 Å². The predicted octanol–water partition coefficient (Wildman–Crippen LogP) is 0.229. The number of ether oxygens (including phenoxy) is 4. The van der Waals surface area contributed by atoms with Gasteiger partial charge in [0.25, 0.3) is 0 Å². The Morgan fingerprint density at radius 1 is 1.10 bits per heavy atom. The number of aliphatic hydroxyl groups excluding tert-OH is 5. The number of hydrogen-bond donors (Lipinski definition) is 5. The molecule has 0 unspecified atom stereocenters. The molecule has 0 spiro atoms. The van der Waals surface area contributed by atoms with Gasteiger partial charge < -0.3 is 44.5 Å². The summed E-state index contributed by atoms with van der Waals surface area (Å²) in [5.74, 6) is -2.24. The number of fused-ring (bicyclic) bond motifs is 3. The van der Waals surface area contributed by atoms with Crippen molar-refractivity contribution in [2.24, 2.45) is 22.7 Å². The van der Waals surface area contributed by atoms with E-state index in [1.54, 1.807) is 13.8 Å². The molecule has 5 N–H and O–H groups in total. The molecule has 0 bridgehead atoms. The van der Waals surface area contributed by atoms with Crippen molar-refractivity contribution in [3.8, 4) is 0 Å². The first kappa shape index (κ1) is 30.5. The molecular weight excluding hydrogens is 512 g/mol. The summed E-state index contributed by atoms with van der Waals surface area (Å²) in [6, 6.07) is 0. The van der Waals surface area contributed by atoms with Crippen molar-refractivity contribution < 1.29 is 54.1 Å². The van der Waals surface area contributed by atoms with Crippen LogP contribution in [0.2, 0.25) is 0 Å². The van der Waals surface area contributed by atoms with Gasteiger partial charge in [-0.3, -0.25) is 9.59 Å². The zero-order chi connectivity index (χ0) is 29.3. The van der Waals surface area contributed by atoms with Crippen LogP contribution in [0.15, 0.2) is 12.7 Å². The normalized spacial score (nSPS) is 51.4. The number of rotatable bonds is 5. The Morgan fingerprint density at radius 3 is 2.31 bits per heavy atom. The largest absolute Gasteiger partial charge is 0.459 e. The maximum Gasteiger partial charge on any atom is 0.303 e. The molecule has 4 aliphatic rings. The van der Waals surface area contributed by atoms with E-state index in [9.17, 15) is 35.1 Å². The van der Waals surface area contributed by atoms with Crippen LogP contribution < -0.4 is 0 Å². The third-order valence-electron chi connectivity index (χ3n) is 9.86. The Hall–Kier alpha value is -1.44. The lowest BCUT2D eigenvalue weighted by Gasteiger charge is -2.68. The standard InChI is InChI=1S/C28H44O11/c1-8-26(5)11-14(31)21-27(6)16(38-24-19(34)18(33)17(32)15(12-29)37-24)9-10-25(3,4)22(27)20(36-13(2)30)23(35)28(21,7)39-26/h8,15-24,29,32-35H,1,9-12H2,2-7H3/t15-,16+,17-,18+,19-,20+,21+,22+,23+,24+,26+,27+,28+/m1/s1. The van der Waals surface area contributed by atoms with Crippen molar-refractivity contribution in [1.82, 2.24) is 0 Å². The molecule has 2 aliphatic carbocycles. The number of carbonyl (C=O) groups excluding carboxylic acids is 2. The highest BCUT2D eigenvalue weighted by Crippen LogP contribution is 2.66. The summed E-state index contributed by atoms with van der Waals surface area (Å²) in [6.45, 7) is 13.7. The van der Waals surface area contributed by atoms with Gasteiger partial charge in [-0.25, -0.2) is 0 Å². The van der Waals surface area contributed by atoms with Gasteiger partial charge in [0, 0.05) is 24.7 Å². The Morgan fingerprint density at radius 2 is 1.74 bits per heavy atom. The molecule has 13 atom stereocenters. The lowest BCUT2D eigenvalue weighted by Crippen LogP contribution is -2.78. The Labute approximate surface area is 229 Å². The summed E-state index contributed by atoms with van der Waals surface area (Å²) in [6.07, 6.45) is -8.08. The highest BCUT2D eigenvalue weighted by molar-refractivity contribution is 5.86. The van der Waals surface area contributed by atoms with Crippen LogP contribution in [-0.2, 0) is 28.5 Å². The summed E-state index contributed by atoms with van der Waals surface area (Å²) in [5.41, 5.74) is -4.18. The summed E-state index contributed by atoms with van der Waals surface area (Å²) >= 11 is 0. The van der Waals surface area contributed by atoms with E-state index in [1.165, 1.54) is 13.0 Å². The molecule has 0 aromatic heterocycles. The number of carbonyl (C=O) groups is 2. The quantitative estimate of drug-likeness (QED) is 0.232. The molecular formula is C28H44O11. The Balaban J connectivity index is 1.84. The smallest absolute Gasteiger partial charge is 0.303 e. The predicted molar refractivity (Wildman–Crippen MR) is 136 cm³/mol. The summed E-state index contributed by atoms with van der Waals surface area (Å²) in [5, 5.41) is 52.8. The summed E-state index contributed by atoms with van der Waals surface area (Å²) in [7, 11) is 0. The van der Waals surface area contributed by atoms with Crippen LogP contribution in [-0.4, -0.2) is 104 Å². The van der Waals surface area contributed by atoms with Crippen LogP contribution in [0.5, 0.6) is 0 Å². The van der Waals surface area contributed by atoms with E-state index < -0.39 is 95.5 Å². The van der Waals surface area contributed by atoms with E-state index in [0.717, 1.165) is 0 Å². The average molecular weight is 557 g/mol. The van der Waals surface area contributed by atoms with Crippen molar-refractivity contribution in [2.75, 3.05) is 6.61 Å². The van der Waals surface area contributed by atoms with Crippen LogP contribution in [0.3, 0.4) is 0 Å². The van der Waals surface area contributed by atoms with E-state index in [-0.39, 0.29) is 12.2 Å². The van der Waals surface area contributed by atoms with Gasteiger partial charge in [-0.05, 0) is 32.1 Å². The first-order chi connectivity index (χ1) is 18.0. The third kappa shape index (κ3) is 4.68. The van der Waals surface area contributed by atoms with Gasteiger partial charge in [0.15, 0.2) is 6.29 Å². The third-order valence-corrected chi connectivity index (χ3v) is 9.86.